The van der Waals surface area contributed by atoms with Crippen molar-refractivity contribution in [3.8, 4) is 11.1 Å². The molecule has 122 valence electrons. The predicted octanol–water partition coefficient (Wildman–Crippen LogP) is 2.97. The van der Waals surface area contributed by atoms with Crippen LogP contribution in [-0.4, -0.2) is 15.0 Å². The summed E-state index contributed by atoms with van der Waals surface area (Å²) in [6.07, 6.45) is 2.74. The van der Waals surface area contributed by atoms with Gasteiger partial charge >= 0.3 is 5.63 Å². The van der Waals surface area contributed by atoms with E-state index >= 15 is 0 Å². The Labute approximate surface area is 142 Å². The van der Waals surface area contributed by atoms with Gasteiger partial charge in [0, 0.05) is 5.69 Å². The summed E-state index contributed by atoms with van der Waals surface area (Å²) in [6, 6.07) is 14.4. The molecule has 0 aliphatic carbocycles. The van der Waals surface area contributed by atoms with Crippen molar-refractivity contribution in [3.63, 3.8) is 0 Å². The number of anilines is 3. The number of nitrogens with one attached hydrogen (secondary N) is 1. The van der Waals surface area contributed by atoms with Gasteiger partial charge in [-0.25, -0.2) is 19.7 Å². The first-order valence-corrected chi connectivity index (χ1v) is 7.54. The lowest BCUT2D eigenvalue weighted by atomic mass is 10.0. The second kappa shape index (κ2) is 6.04. The highest BCUT2D eigenvalue weighted by Crippen LogP contribution is 2.36. The first-order chi connectivity index (χ1) is 12.2. The Kier molecular flexibility index (Phi) is 3.59. The zero-order valence-electron chi connectivity index (χ0n) is 13.0. The van der Waals surface area contributed by atoms with Crippen molar-refractivity contribution in [2.75, 3.05) is 11.1 Å². The van der Waals surface area contributed by atoms with Gasteiger partial charge in [-0.2, -0.15) is 0 Å². The maximum Gasteiger partial charge on any atom is 0.346 e. The lowest BCUT2D eigenvalue weighted by Gasteiger charge is -2.14. The Balaban J connectivity index is 2.06. The molecule has 3 N–H and O–H groups in total. The number of rotatable bonds is 3. The molecule has 7 heteroatoms. The number of hydrogen-bond donors (Lipinski definition) is 2. The van der Waals surface area contributed by atoms with E-state index in [1.165, 1.54) is 12.7 Å². The molecule has 0 aliphatic heterocycles. The Bertz CT molecular complexity index is 1090. The van der Waals surface area contributed by atoms with Crippen LogP contribution >= 0.6 is 0 Å². The maximum atomic E-state index is 12.7. The van der Waals surface area contributed by atoms with Crippen LogP contribution in [-0.2, 0) is 0 Å². The van der Waals surface area contributed by atoms with Gasteiger partial charge in [-0.3, -0.25) is 0 Å². The molecule has 0 atom stereocenters. The molecule has 0 saturated carbocycles. The zero-order chi connectivity index (χ0) is 17.2. The third-order valence-corrected chi connectivity index (χ3v) is 3.76. The molecule has 4 aromatic rings. The van der Waals surface area contributed by atoms with Gasteiger partial charge in [0.25, 0.3) is 0 Å². The zero-order valence-corrected chi connectivity index (χ0v) is 13.0. The van der Waals surface area contributed by atoms with E-state index in [1.54, 1.807) is 18.2 Å². The van der Waals surface area contributed by atoms with Crippen LogP contribution in [0.15, 0.2) is 70.4 Å². The Morgan fingerprint density at radius 3 is 2.48 bits per heavy atom. The van der Waals surface area contributed by atoms with Crippen molar-refractivity contribution in [2.45, 2.75) is 0 Å². The Hall–Kier alpha value is -3.74. The molecule has 2 heterocycles. The summed E-state index contributed by atoms with van der Waals surface area (Å²) >= 11 is 0. The summed E-state index contributed by atoms with van der Waals surface area (Å²) in [7, 11) is 0. The molecule has 0 saturated heterocycles. The quantitative estimate of drug-likeness (QED) is 0.439. The van der Waals surface area contributed by atoms with E-state index < -0.39 is 5.63 Å². The molecule has 0 spiro atoms. The van der Waals surface area contributed by atoms with Crippen LogP contribution in [0.3, 0.4) is 0 Å². The number of nitrogen functional groups attached to an aromatic ring is 1. The van der Waals surface area contributed by atoms with Gasteiger partial charge < -0.3 is 15.5 Å². The average Bonchev–Trinajstić information content (AvgIpc) is 2.63. The van der Waals surface area contributed by atoms with E-state index in [-0.39, 0.29) is 0 Å². The Morgan fingerprint density at radius 1 is 0.960 bits per heavy atom. The summed E-state index contributed by atoms with van der Waals surface area (Å²) in [5.74, 6) is 0.308. The summed E-state index contributed by atoms with van der Waals surface area (Å²) in [5, 5.41) is 3.69. The van der Waals surface area contributed by atoms with Crippen LogP contribution in [0.1, 0.15) is 0 Å². The van der Waals surface area contributed by atoms with Crippen LogP contribution in [0.2, 0.25) is 0 Å². The SMILES string of the molecule is Nc1cccc2oc(=O)c(-c3ccccc3)c(Nc3ncncn3)c12. The molecule has 0 fully saturated rings. The minimum absolute atomic E-state index is 0.308. The topological polar surface area (TPSA) is 107 Å². The molecular weight excluding hydrogens is 318 g/mol. The van der Waals surface area contributed by atoms with Crippen molar-refractivity contribution in [1.82, 2.24) is 15.0 Å². The van der Waals surface area contributed by atoms with E-state index in [0.717, 1.165) is 0 Å². The predicted molar refractivity (Wildman–Crippen MR) is 95.4 cm³/mol. The molecule has 4 rings (SSSR count). The first kappa shape index (κ1) is 14.8. The summed E-state index contributed by atoms with van der Waals surface area (Å²) < 4.78 is 5.48. The monoisotopic (exact) mass is 331 g/mol. The van der Waals surface area contributed by atoms with Crippen molar-refractivity contribution in [3.05, 3.63) is 71.6 Å². The van der Waals surface area contributed by atoms with Gasteiger partial charge in [-0.1, -0.05) is 36.4 Å². The van der Waals surface area contributed by atoms with Gasteiger partial charge in [0.15, 0.2) is 0 Å². The molecule has 0 amide bonds. The van der Waals surface area contributed by atoms with Crippen LogP contribution < -0.4 is 16.7 Å². The van der Waals surface area contributed by atoms with E-state index in [4.69, 9.17) is 10.2 Å². The second-order valence-electron chi connectivity index (χ2n) is 5.31. The lowest BCUT2D eigenvalue weighted by Crippen LogP contribution is -2.10. The fourth-order valence-corrected chi connectivity index (χ4v) is 2.69. The molecule has 2 aromatic carbocycles. The summed E-state index contributed by atoms with van der Waals surface area (Å²) in [5.41, 5.74) is 8.13. The number of hydrogen-bond acceptors (Lipinski definition) is 7. The van der Waals surface area contributed by atoms with Crippen LogP contribution in [0, 0.1) is 0 Å². The molecule has 0 aliphatic rings. The van der Waals surface area contributed by atoms with Crippen LogP contribution in [0.25, 0.3) is 22.1 Å². The standard InChI is InChI=1S/C18H13N5O2/c19-12-7-4-8-13-15(12)16(23-18-21-9-20-10-22-18)14(17(24)25-13)11-5-2-1-3-6-11/h1-10H,19H2,(H,20,21,22,23). The summed E-state index contributed by atoms with van der Waals surface area (Å²) in [4.78, 5) is 24.6. The Morgan fingerprint density at radius 2 is 1.72 bits per heavy atom. The number of aromatic nitrogens is 3. The summed E-state index contributed by atoms with van der Waals surface area (Å²) in [6.45, 7) is 0. The number of nitrogens with two attached hydrogens (primary N) is 1. The van der Waals surface area contributed by atoms with Crippen molar-refractivity contribution in [2.24, 2.45) is 0 Å². The van der Waals surface area contributed by atoms with Gasteiger partial charge in [0.05, 0.1) is 16.6 Å². The van der Waals surface area contributed by atoms with E-state index in [1.807, 2.05) is 30.3 Å². The third kappa shape index (κ3) is 2.67. The van der Waals surface area contributed by atoms with E-state index in [0.29, 0.717) is 39.4 Å². The maximum absolute atomic E-state index is 12.7. The molecular formula is C18H13N5O2. The highest BCUT2D eigenvalue weighted by Gasteiger charge is 2.19. The molecule has 0 bridgehead atoms. The molecule has 25 heavy (non-hydrogen) atoms. The van der Waals surface area contributed by atoms with Crippen molar-refractivity contribution in [1.29, 1.82) is 0 Å². The smallest absolute Gasteiger partial charge is 0.346 e. The van der Waals surface area contributed by atoms with Crippen molar-refractivity contribution < 1.29 is 4.42 Å². The number of benzene rings is 2. The van der Waals surface area contributed by atoms with Crippen LogP contribution in [0.5, 0.6) is 0 Å². The van der Waals surface area contributed by atoms with E-state index in [9.17, 15) is 4.79 Å². The second-order valence-corrected chi connectivity index (χ2v) is 5.31. The number of fused-ring (bicyclic) bond motifs is 1. The molecule has 0 radical (unpaired) electrons. The number of nitrogens with zero attached hydrogens (tertiary/aromatic N) is 3. The van der Waals surface area contributed by atoms with Crippen LogP contribution in [0.4, 0.5) is 17.3 Å². The third-order valence-electron chi connectivity index (χ3n) is 3.76. The highest BCUT2D eigenvalue weighted by atomic mass is 16.4. The van der Waals surface area contributed by atoms with Crippen molar-refractivity contribution >= 4 is 28.3 Å². The van der Waals surface area contributed by atoms with Gasteiger partial charge in [0.2, 0.25) is 5.95 Å². The van der Waals surface area contributed by atoms with Gasteiger partial charge in [-0.05, 0) is 17.7 Å². The fourth-order valence-electron chi connectivity index (χ4n) is 2.69. The fraction of sp³-hybridized carbons (Fsp3) is 0. The minimum atomic E-state index is -0.471. The molecule has 7 nitrogen and oxygen atoms in total. The average molecular weight is 331 g/mol. The van der Waals surface area contributed by atoms with Gasteiger partial charge in [0.1, 0.15) is 18.2 Å². The molecule has 2 aromatic heterocycles. The first-order valence-electron chi connectivity index (χ1n) is 7.54. The normalized spacial score (nSPS) is 10.7. The minimum Gasteiger partial charge on any atom is -0.422 e. The largest absolute Gasteiger partial charge is 0.422 e. The molecule has 0 unspecified atom stereocenters. The highest BCUT2D eigenvalue weighted by molar-refractivity contribution is 6.05. The van der Waals surface area contributed by atoms with Gasteiger partial charge in [-0.15, -0.1) is 0 Å². The van der Waals surface area contributed by atoms with E-state index in [2.05, 4.69) is 20.3 Å². The lowest BCUT2D eigenvalue weighted by molar-refractivity contribution is 0.564.